The average molecular weight is 309 g/mol. The molecule has 0 aliphatic heterocycles. The van der Waals surface area contributed by atoms with E-state index >= 15 is 0 Å². The van der Waals surface area contributed by atoms with Gasteiger partial charge in [-0.3, -0.25) is 0 Å². The van der Waals surface area contributed by atoms with Gasteiger partial charge in [0, 0.05) is 11.1 Å². The van der Waals surface area contributed by atoms with Gasteiger partial charge in [0.2, 0.25) is 0 Å². The van der Waals surface area contributed by atoms with Crippen molar-refractivity contribution >= 4 is 23.2 Å². The van der Waals surface area contributed by atoms with Crippen LogP contribution >= 0.6 is 23.2 Å². The van der Waals surface area contributed by atoms with Gasteiger partial charge in [0.05, 0.1) is 11.4 Å². The number of ether oxygens (including phenoxy) is 1. The molecule has 2 rings (SSSR count). The summed E-state index contributed by atoms with van der Waals surface area (Å²) in [5, 5.41) is 0.660. The van der Waals surface area contributed by atoms with Crippen LogP contribution in [0.15, 0.2) is 42.5 Å². The van der Waals surface area contributed by atoms with Crippen molar-refractivity contribution < 1.29 is 9.13 Å². The van der Waals surface area contributed by atoms with Crippen LogP contribution in [0.1, 0.15) is 11.1 Å². The van der Waals surface area contributed by atoms with Crippen molar-refractivity contribution in [1.29, 1.82) is 0 Å². The number of hydrogen-bond acceptors (Lipinski definition) is 1. The lowest BCUT2D eigenvalue weighted by Crippen LogP contribution is -1.97. The summed E-state index contributed by atoms with van der Waals surface area (Å²) >= 11 is 11.3. The molecule has 2 aromatic rings. The molecule has 0 heterocycles. The van der Waals surface area contributed by atoms with E-state index in [1.165, 1.54) is 12.1 Å². The van der Waals surface area contributed by atoms with E-state index in [4.69, 9.17) is 27.9 Å². The molecule has 0 N–H and O–H groups in total. The first-order valence-corrected chi connectivity index (χ1v) is 6.82. The summed E-state index contributed by atoms with van der Waals surface area (Å²) in [5.41, 5.74) is 1.55. The van der Waals surface area contributed by atoms with E-state index in [0.29, 0.717) is 22.9 Å². The van der Waals surface area contributed by atoms with Gasteiger partial charge in [0.1, 0.15) is 18.2 Å². The molecule has 1 nitrogen and oxygen atoms in total. The van der Waals surface area contributed by atoms with Crippen LogP contribution in [0.2, 0.25) is 5.02 Å². The van der Waals surface area contributed by atoms with Crippen LogP contribution in [-0.4, -0.2) is 5.88 Å². The summed E-state index contributed by atoms with van der Waals surface area (Å²) in [4.78, 5) is 0. The van der Waals surface area contributed by atoms with Gasteiger partial charge < -0.3 is 4.74 Å². The van der Waals surface area contributed by atoms with E-state index in [-0.39, 0.29) is 11.7 Å². The molecule has 102 valence electrons. The van der Waals surface area contributed by atoms with E-state index in [1.54, 1.807) is 18.2 Å². The fraction of sp³-hybridized carbons (Fsp3) is 0.125. The molecule has 4 heteroatoms. The fourth-order valence-corrected chi connectivity index (χ4v) is 1.78. The zero-order chi connectivity index (χ0) is 14.4. The minimum atomic E-state index is -0.368. The summed E-state index contributed by atoms with van der Waals surface area (Å²) in [5.74, 6) is 5.82. The van der Waals surface area contributed by atoms with Crippen LogP contribution in [0.5, 0.6) is 5.75 Å². The third-order valence-corrected chi connectivity index (χ3v) is 2.93. The van der Waals surface area contributed by atoms with Crippen LogP contribution in [0.25, 0.3) is 0 Å². The molecule has 0 aliphatic rings. The minimum absolute atomic E-state index is 0.216. The molecule has 0 fully saturated rings. The van der Waals surface area contributed by atoms with Gasteiger partial charge in [-0.2, -0.15) is 0 Å². The van der Waals surface area contributed by atoms with Crippen LogP contribution in [0.3, 0.4) is 0 Å². The van der Waals surface area contributed by atoms with E-state index in [2.05, 4.69) is 11.8 Å². The zero-order valence-electron chi connectivity index (χ0n) is 10.5. The van der Waals surface area contributed by atoms with Crippen molar-refractivity contribution in [3.05, 3.63) is 64.4 Å². The molecule has 2 aromatic carbocycles. The molecule has 0 radical (unpaired) electrons. The number of rotatable bonds is 3. The number of benzene rings is 2. The van der Waals surface area contributed by atoms with Crippen molar-refractivity contribution in [2.24, 2.45) is 0 Å². The van der Waals surface area contributed by atoms with E-state index in [0.717, 1.165) is 5.56 Å². The first-order valence-electron chi connectivity index (χ1n) is 5.90. The maximum atomic E-state index is 13.3. The third kappa shape index (κ3) is 4.16. The highest BCUT2D eigenvalue weighted by Gasteiger charge is 2.04. The summed E-state index contributed by atoms with van der Waals surface area (Å²) in [6, 6.07) is 11.5. The monoisotopic (exact) mass is 308 g/mol. The first-order chi connectivity index (χ1) is 9.69. The van der Waals surface area contributed by atoms with Crippen molar-refractivity contribution in [3.63, 3.8) is 0 Å². The summed E-state index contributed by atoms with van der Waals surface area (Å²) in [7, 11) is 0. The third-order valence-electron chi connectivity index (χ3n) is 2.54. The van der Waals surface area contributed by atoms with Gasteiger partial charge in [-0.1, -0.05) is 35.6 Å². The molecule has 0 unspecified atom stereocenters. The van der Waals surface area contributed by atoms with E-state index in [1.807, 2.05) is 12.1 Å². The largest absolute Gasteiger partial charge is 0.487 e. The lowest BCUT2D eigenvalue weighted by Gasteiger charge is -2.08. The summed E-state index contributed by atoms with van der Waals surface area (Å²) in [6.07, 6.45) is 0. The lowest BCUT2D eigenvalue weighted by atomic mass is 10.2. The van der Waals surface area contributed by atoms with Gasteiger partial charge in [0.25, 0.3) is 0 Å². The lowest BCUT2D eigenvalue weighted by molar-refractivity contribution is 0.304. The maximum absolute atomic E-state index is 13.3. The maximum Gasteiger partial charge on any atom is 0.138 e. The van der Waals surface area contributed by atoms with Crippen LogP contribution in [0, 0.1) is 17.7 Å². The van der Waals surface area contributed by atoms with E-state index in [9.17, 15) is 4.39 Å². The Hall–Kier alpha value is -1.69. The van der Waals surface area contributed by atoms with Crippen molar-refractivity contribution in [1.82, 2.24) is 0 Å². The van der Waals surface area contributed by atoms with E-state index < -0.39 is 0 Å². The molecule has 0 amide bonds. The molecular formula is C16H11Cl2FO. The molecule has 0 bridgehead atoms. The normalized spacial score (nSPS) is 9.75. The Morgan fingerprint density at radius 1 is 1.10 bits per heavy atom. The quantitative estimate of drug-likeness (QED) is 0.592. The molecule has 0 spiro atoms. The Balaban J connectivity index is 2.15. The predicted octanol–water partition coefficient (Wildman–Crippen LogP) is 4.65. The second kappa shape index (κ2) is 7.19. The SMILES string of the molecule is Fc1ccc(C#CCCl)c(OCc2ccc(Cl)cc2)c1. The van der Waals surface area contributed by atoms with Crippen LogP contribution in [0.4, 0.5) is 4.39 Å². The number of halogens is 3. The molecular weight excluding hydrogens is 298 g/mol. The molecule has 0 aliphatic carbocycles. The highest BCUT2D eigenvalue weighted by atomic mass is 35.5. The summed E-state index contributed by atoms with van der Waals surface area (Å²) < 4.78 is 18.9. The van der Waals surface area contributed by atoms with Crippen LogP contribution < -0.4 is 4.74 Å². The average Bonchev–Trinajstić information content (AvgIpc) is 2.46. The predicted molar refractivity (Wildman–Crippen MR) is 79.8 cm³/mol. The summed E-state index contributed by atoms with van der Waals surface area (Å²) in [6.45, 7) is 0.316. The zero-order valence-corrected chi connectivity index (χ0v) is 12.0. The fourth-order valence-electron chi connectivity index (χ4n) is 1.59. The Bertz CT molecular complexity index is 642. The number of hydrogen-bond donors (Lipinski definition) is 0. The van der Waals surface area contributed by atoms with Gasteiger partial charge in [-0.05, 0) is 29.8 Å². The molecule has 0 saturated carbocycles. The van der Waals surface area contributed by atoms with Gasteiger partial charge in [-0.15, -0.1) is 11.6 Å². The van der Waals surface area contributed by atoms with Crippen LogP contribution in [-0.2, 0) is 6.61 Å². The standard InChI is InChI=1S/C16H11Cl2FO/c17-9-1-2-13-5-8-15(19)10-16(13)20-11-12-3-6-14(18)7-4-12/h3-8,10H,9,11H2. The van der Waals surface area contributed by atoms with Crippen molar-refractivity contribution in [2.75, 3.05) is 5.88 Å². The van der Waals surface area contributed by atoms with Gasteiger partial charge >= 0.3 is 0 Å². The smallest absolute Gasteiger partial charge is 0.138 e. The highest BCUT2D eigenvalue weighted by Crippen LogP contribution is 2.21. The minimum Gasteiger partial charge on any atom is -0.487 e. The molecule has 20 heavy (non-hydrogen) atoms. The molecule has 0 saturated heterocycles. The Morgan fingerprint density at radius 2 is 1.85 bits per heavy atom. The number of alkyl halides is 1. The Labute approximate surface area is 127 Å². The van der Waals surface area contributed by atoms with Gasteiger partial charge in [0.15, 0.2) is 0 Å². The second-order valence-electron chi connectivity index (χ2n) is 3.99. The second-order valence-corrected chi connectivity index (χ2v) is 4.69. The Morgan fingerprint density at radius 3 is 2.55 bits per heavy atom. The highest BCUT2D eigenvalue weighted by molar-refractivity contribution is 6.30. The van der Waals surface area contributed by atoms with Crippen molar-refractivity contribution in [3.8, 4) is 17.6 Å². The van der Waals surface area contributed by atoms with Crippen molar-refractivity contribution in [2.45, 2.75) is 6.61 Å². The molecule has 0 atom stereocenters. The van der Waals surface area contributed by atoms with Gasteiger partial charge in [-0.25, -0.2) is 4.39 Å². The Kier molecular flexibility index (Phi) is 5.29. The molecule has 0 aromatic heterocycles. The topological polar surface area (TPSA) is 9.23 Å². The first kappa shape index (κ1) is 14.7.